The maximum atomic E-state index is 12.6. The van der Waals surface area contributed by atoms with Crippen LogP contribution >= 0.6 is 0 Å². The molecule has 3 fully saturated rings. The number of carbonyl (C=O) groups excluding carboxylic acids is 2. The lowest BCUT2D eigenvalue weighted by Crippen LogP contribution is -2.63. The number of amides is 1. The van der Waals surface area contributed by atoms with Crippen LogP contribution < -0.4 is 5.73 Å². The van der Waals surface area contributed by atoms with Crippen LogP contribution in [0.1, 0.15) is 79.8 Å². The van der Waals surface area contributed by atoms with E-state index in [1.54, 1.807) is 6.07 Å². The number of hydrogen-bond donors (Lipinski definition) is 2. The van der Waals surface area contributed by atoms with Crippen LogP contribution in [0.15, 0.2) is 12.1 Å². The largest absolute Gasteiger partial charge is 0.507 e. The molecule has 5 heteroatoms. The molecule has 1 aromatic rings. The van der Waals surface area contributed by atoms with Crippen molar-refractivity contribution in [3.8, 4) is 5.75 Å². The van der Waals surface area contributed by atoms with Crippen LogP contribution in [0, 0.1) is 11.8 Å². The summed E-state index contributed by atoms with van der Waals surface area (Å²) in [7, 11) is 0. The molecular weight excluding hydrogens is 364 g/mol. The van der Waals surface area contributed by atoms with Crippen LogP contribution in [0.2, 0.25) is 0 Å². The minimum absolute atomic E-state index is 0.0316. The number of phenols is 1. The molecule has 3 aliphatic carbocycles. The third-order valence-corrected chi connectivity index (χ3v) is 8.59. The van der Waals surface area contributed by atoms with E-state index in [1.165, 1.54) is 25.7 Å². The lowest BCUT2D eigenvalue weighted by Gasteiger charge is -2.60. The first-order valence-corrected chi connectivity index (χ1v) is 11.3. The molecule has 1 saturated heterocycles. The first-order valence-electron chi connectivity index (χ1n) is 11.3. The highest BCUT2D eigenvalue weighted by Gasteiger charge is 2.57. The smallest absolute Gasteiger partial charge is 0.252 e. The third kappa shape index (κ3) is 2.84. The van der Waals surface area contributed by atoms with Crippen molar-refractivity contribution in [1.82, 2.24) is 4.90 Å². The molecule has 5 rings (SSSR count). The van der Waals surface area contributed by atoms with Gasteiger partial charge in [0.05, 0.1) is 5.56 Å². The predicted molar refractivity (Wildman–Crippen MR) is 111 cm³/mol. The Hall–Kier alpha value is -1.88. The van der Waals surface area contributed by atoms with Gasteiger partial charge in [0.1, 0.15) is 11.5 Å². The number of primary amides is 1. The van der Waals surface area contributed by atoms with Gasteiger partial charge in [-0.05, 0) is 62.6 Å². The Morgan fingerprint density at radius 1 is 1.34 bits per heavy atom. The zero-order valence-corrected chi connectivity index (χ0v) is 17.3. The maximum Gasteiger partial charge on any atom is 0.252 e. The molecule has 3 N–H and O–H groups in total. The first kappa shape index (κ1) is 19.1. The standard InChI is InChI=1S/C24H32N2O3/c1-14(11-15-3-2-4-15)26-10-9-24-13-17(27)6-8-19(24)20(26)12-16-5-7-18(23(25)29)22(28)21(16)24/h5,7,14-15,19-20,28H,2-4,6,8-13H2,1H3,(H2,25,29)/t14-,19+,20-,24+/m1/s1. The molecular formula is C24H32N2O3. The zero-order chi connectivity index (χ0) is 20.3. The number of benzene rings is 1. The predicted octanol–water partition coefficient (Wildman–Crippen LogP) is 3.31. The van der Waals surface area contributed by atoms with Crippen molar-refractivity contribution in [2.75, 3.05) is 6.54 Å². The molecule has 2 bridgehead atoms. The van der Waals surface area contributed by atoms with Crippen molar-refractivity contribution < 1.29 is 14.7 Å². The fourth-order valence-corrected chi connectivity index (χ4v) is 7.06. The quantitative estimate of drug-likeness (QED) is 0.818. The summed E-state index contributed by atoms with van der Waals surface area (Å²) < 4.78 is 0. The molecule has 1 aliphatic heterocycles. The van der Waals surface area contributed by atoms with E-state index in [2.05, 4.69) is 11.8 Å². The topological polar surface area (TPSA) is 83.6 Å². The highest BCUT2D eigenvalue weighted by atomic mass is 16.3. The molecule has 0 unspecified atom stereocenters. The average Bonchev–Trinajstić information content (AvgIpc) is 2.63. The lowest BCUT2D eigenvalue weighted by molar-refractivity contribution is -0.128. The molecule has 1 aromatic carbocycles. The van der Waals surface area contributed by atoms with Gasteiger partial charge in [-0.1, -0.05) is 25.3 Å². The van der Waals surface area contributed by atoms with E-state index < -0.39 is 5.91 Å². The van der Waals surface area contributed by atoms with Crippen molar-refractivity contribution in [3.05, 3.63) is 28.8 Å². The van der Waals surface area contributed by atoms with Crippen molar-refractivity contribution in [2.45, 2.75) is 82.2 Å². The van der Waals surface area contributed by atoms with E-state index in [-0.39, 0.29) is 22.5 Å². The fraction of sp³-hybridized carbons (Fsp3) is 0.667. The number of aromatic hydroxyl groups is 1. The van der Waals surface area contributed by atoms with Crippen molar-refractivity contribution >= 4 is 11.7 Å². The van der Waals surface area contributed by atoms with Crippen LogP contribution in [0.3, 0.4) is 0 Å². The van der Waals surface area contributed by atoms with Crippen LogP contribution in [-0.4, -0.2) is 40.3 Å². The number of hydrogen-bond acceptors (Lipinski definition) is 4. The summed E-state index contributed by atoms with van der Waals surface area (Å²) in [4.78, 5) is 27.1. The van der Waals surface area contributed by atoms with Gasteiger partial charge in [-0.25, -0.2) is 0 Å². The van der Waals surface area contributed by atoms with Gasteiger partial charge in [-0.2, -0.15) is 0 Å². The van der Waals surface area contributed by atoms with Crippen molar-refractivity contribution in [2.24, 2.45) is 17.6 Å². The van der Waals surface area contributed by atoms with E-state index >= 15 is 0 Å². The van der Waals surface area contributed by atoms with Gasteiger partial charge in [0.15, 0.2) is 0 Å². The number of carbonyl (C=O) groups is 2. The Kier molecular flexibility index (Phi) is 4.50. The fourth-order valence-electron chi connectivity index (χ4n) is 7.06. The summed E-state index contributed by atoms with van der Waals surface area (Å²) in [5, 5.41) is 11.0. The number of fused-ring (bicyclic) bond motifs is 1. The molecule has 1 amide bonds. The SMILES string of the molecule is C[C@H](CC1CCC1)N1CC[C@]23CC(=O)CC[C@H]2[C@H]1Cc1ccc(C(N)=O)c(O)c13. The average molecular weight is 397 g/mol. The Morgan fingerprint density at radius 2 is 2.14 bits per heavy atom. The van der Waals surface area contributed by atoms with Crippen LogP contribution in [0.25, 0.3) is 0 Å². The molecule has 4 aliphatic rings. The van der Waals surface area contributed by atoms with Gasteiger partial charge in [0, 0.05) is 35.9 Å². The van der Waals surface area contributed by atoms with E-state index in [0.29, 0.717) is 30.8 Å². The molecule has 0 radical (unpaired) electrons. The van der Waals surface area contributed by atoms with Gasteiger partial charge in [-0.15, -0.1) is 0 Å². The number of nitrogens with two attached hydrogens (primary N) is 1. The van der Waals surface area contributed by atoms with Crippen LogP contribution in [0.5, 0.6) is 5.75 Å². The molecule has 1 heterocycles. The maximum absolute atomic E-state index is 12.6. The number of likely N-dealkylation sites (tertiary alicyclic amines) is 1. The van der Waals surface area contributed by atoms with Gasteiger partial charge >= 0.3 is 0 Å². The number of rotatable bonds is 4. The van der Waals surface area contributed by atoms with E-state index in [4.69, 9.17) is 5.73 Å². The normalized spacial score (nSPS) is 32.8. The lowest BCUT2D eigenvalue weighted by atomic mass is 9.51. The van der Waals surface area contributed by atoms with Crippen LogP contribution in [0.4, 0.5) is 0 Å². The van der Waals surface area contributed by atoms with Crippen molar-refractivity contribution in [1.29, 1.82) is 0 Å². The second-order valence-corrected chi connectivity index (χ2v) is 10.0. The van der Waals surface area contributed by atoms with Crippen molar-refractivity contribution in [3.63, 3.8) is 0 Å². The minimum Gasteiger partial charge on any atom is -0.507 e. The summed E-state index contributed by atoms with van der Waals surface area (Å²) in [5.74, 6) is 0.952. The number of piperidine rings is 1. The Morgan fingerprint density at radius 3 is 2.83 bits per heavy atom. The van der Waals surface area contributed by atoms with Gasteiger partial charge in [0.2, 0.25) is 0 Å². The van der Waals surface area contributed by atoms with Gasteiger partial charge in [-0.3, -0.25) is 14.5 Å². The van der Waals surface area contributed by atoms with E-state index in [1.807, 2.05) is 6.07 Å². The van der Waals surface area contributed by atoms with Gasteiger partial charge in [0.25, 0.3) is 5.91 Å². The summed E-state index contributed by atoms with van der Waals surface area (Å²) in [6, 6.07) is 4.61. The second-order valence-electron chi connectivity index (χ2n) is 10.0. The summed E-state index contributed by atoms with van der Waals surface area (Å²) >= 11 is 0. The Bertz CT molecular complexity index is 862. The zero-order valence-electron chi connectivity index (χ0n) is 17.3. The monoisotopic (exact) mass is 396 g/mol. The number of Topliss-reactive ketones (excluding diaryl/α,β-unsaturated/α-hetero) is 1. The Balaban J connectivity index is 1.56. The molecule has 29 heavy (non-hydrogen) atoms. The summed E-state index contributed by atoms with van der Waals surface area (Å²) in [6.07, 6.45) is 9.16. The third-order valence-electron chi connectivity index (χ3n) is 8.59. The minimum atomic E-state index is -0.603. The highest BCUT2D eigenvalue weighted by Crippen LogP contribution is 2.58. The van der Waals surface area contributed by atoms with E-state index in [0.717, 1.165) is 42.9 Å². The molecule has 5 nitrogen and oxygen atoms in total. The first-order chi connectivity index (χ1) is 13.9. The highest BCUT2D eigenvalue weighted by molar-refractivity contribution is 5.96. The molecule has 2 saturated carbocycles. The summed E-state index contributed by atoms with van der Waals surface area (Å²) in [6.45, 7) is 3.34. The second kappa shape index (κ2) is 6.83. The number of ketones is 1. The number of nitrogens with zero attached hydrogens (tertiary/aromatic N) is 1. The Labute approximate surface area is 172 Å². The van der Waals surface area contributed by atoms with E-state index in [9.17, 15) is 14.7 Å². The molecule has 156 valence electrons. The summed E-state index contributed by atoms with van der Waals surface area (Å²) in [5.41, 5.74) is 7.33. The van der Waals surface area contributed by atoms with Gasteiger partial charge < -0.3 is 10.8 Å². The van der Waals surface area contributed by atoms with Crippen LogP contribution in [-0.2, 0) is 16.6 Å². The molecule has 4 atom stereocenters. The molecule has 0 aromatic heterocycles. The molecule has 0 spiro atoms.